The highest BCUT2D eigenvalue weighted by Gasteiger charge is 2.05. The van der Waals surface area contributed by atoms with Crippen LogP contribution in [-0.4, -0.2) is 7.11 Å². The Balaban J connectivity index is 2.20. The molecule has 0 aromatic heterocycles. The lowest BCUT2D eigenvalue weighted by Gasteiger charge is -2.09. The molecule has 96 valence electrons. The molecule has 0 atom stereocenters. The summed E-state index contributed by atoms with van der Waals surface area (Å²) in [6.07, 6.45) is 0. The summed E-state index contributed by atoms with van der Waals surface area (Å²) >= 11 is 0. The monoisotopic (exact) mass is 258 g/mol. The number of rotatable bonds is 1. The third-order valence-electron chi connectivity index (χ3n) is 3.92. The van der Waals surface area contributed by atoms with Crippen LogP contribution in [0.4, 0.5) is 0 Å². The third-order valence-corrected chi connectivity index (χ3v) is 3.92. The lowest BCUT2D eigenvalue weighted by molar-refractivity contribution is 0.420. The Morgan fingerprint density at radius 2 is 1.30 bits per heavy atom. The van der Waals surface area contributed by atoms with E-state index in [4.69, 9.17) is 4.74 Å². The van der Waals surface area contributed by atoms with Gasteiger partial charge in [0.05, 0.1) is 7.11 Å². The maximum absolute atomic E-state index is 5.46. The maximum atomic E-state index is 5.46. The zero-order chi connectivity index (χ0) is 13.5. The van der Waals surface area contributed by atoms with Crippen LogP contribution in [0.2, 0.25) is 0 Å². The highest BCUT2D eigenvalue weighted by molar-refractivity contribution is 6.12. The van der Waals surface area contributed by atoms with Gasteiger partial charge in [-0.25, -0.2) is 0 Å². The molecule has 0 amide bonds. The maximum Gasteiger partial charge on any atom is 0.126 e. The summed E-state index contributed by atoms with van der Waals surface area (Å²) in [7, 11) is 1.72. The summed E-state index contributed by atoms with van der Waals surface area (Å²) in [6.45, 7) is 0. The summed E-state index contributed by atoms with van der Waals surface area (Å²) in [6, 6.07) is 23.5. The fourth-order valence-corrected chi connectivity index (χ4v) is 2.93. The van der Waals surface area contributed by atoms with Crippen LogP contribution in [-0.2, 0) is 0 Å². The van der Waals surface area contributed by atoms with Gasteiger partial charge in [-0.2, -0.15) is 0 Å². The molecule has 1 nitrogen and oxygen atoms in total. The molecule has 0 saturated carbocycles. The van der Waals surface area contributed by atoms with Crippen molar-refractivity contribution in [3.63, 3.8) is 0 Å². The van der Waals surface area contributed by atoms with Gasteiger partial charge in [-0.3, -0.25) is 0 Å². The minimum atomic E-state index is 0.928. The number of hydrogen-bond donors (Lipinski definition) is 0. The van der Waals surface area contributed by atoms with Gasteiger partial charge in [-0.15, -0.1) is 0 Å². The average Bonchev–Trinajstić information content (AvgIpc) is 2.52. The molecule has 0 aliphatic heterocycles. The molecule has 0 fully saturated rings. The van der Waals surface area contributed by atoms with Crippen molar-refractivity contribution in [2.24, 2.45) is 0 Å². The van der Waals surface area contributed by atoms with Gasteiger partial charge < -0.3 is 4.74 Å². The van der Waals surface area contributed by atoms with Crippen LogP contribution in [0.1, 0.15) is 0 Å². The molecule has 0 N–H and O–H groups in total. The van der Waals surface area contributed by atoms with Crippen molar-refractivity contribution in [1.29, 1.82) is 0 Å². The Bertz CT molecular complexity index is 938. The number of hydrogen-bond acceptors (Lipinski definition) is 1. The van der Waals surface area contributed by atoms with Gasteiger partial charge >= 0.3 is 0 Å². The lowest BCUT2D eigenvalue weighted by atomic mass is 9.98. The van der Waals surface area contributed by atoms with Crippen molar-refractivity contribution >= 4 is 32.3 Å². The lowest BCUT2D eigenvalue weighted by Crippen LogP contribution is -1.85. The molecule has 0 bridgehead atoms. The summed E-state index contributed by atoms with van der Waals surface area (Å²) in [4.78, 5) is 0. The molecular weight excluding hydrogens is 244 g/mol. The molecule has 4 aromatic carbocycles. The fourth-order valence-electron chi connectivity index (χ4n) is 2.93. The predicted molar refractivity (Wildman–Crippen MR) is 85.5 cm³/mol. The Hall–Kier alpha value is -2.54. The molecule has 0 unspecified atom stereocenters. The number of ether oxygens (including phenoxy) is 1. The summed E-state index contributed by atoms with van der Waals surface area (Å²) < 4.78 is 5.46. The molecule has 0 aliphatic rings. The first kappa shape index (κ1) is 11.3. The SMILES string of the molecule is COc1cccc2cc3c(ccc4ccccc43)cc12. The van der Waals surface area contributed by atoms with E-state index in [-0.39, 0.29) is 0 Å². The zero-order valence-corrected chi connectivity index (χ0v) is 11.3. The first-order valence-electron chi connectivity index (χ1n) is 6.75. The highest BCUT2D eigenvalue weighted by atomic mass is 16.5. The van der Waals surface area contributed by atoms with Crippen molar-refractivity contribution in [3.05, 3.63) is 66.7 Å². The van der Waals surface area contributed by atoms with E-state index in [9.17, 15) is 0 Å². The van der Waals surface area contributed by atoms with E-state index in [0.717, 1.165) is 11.1 Å². The van der Waals surface area contributed by atoms with E-state index in [2.05, 4.69) is 54.6 Å². The highest BCUT2D eigenvalue weighted by Crippen LogP contribution is 2.33. The van der Waals surface area contributed by atoms with Crippen molar-refractivity contribution in [1.82, 2.24) is 0 Å². The zero-order valence-electron chi connectivity index (χ0n) is 11.3. The van der Waals surface area contributed by atoms with E-state index in [0.29, 0.717) is 0 Å². The summed E-state index contributed by atoms with van der Waals surface area (Å²) in [5.41, 5.74) is 0. The normalized spacial score (nSPS) is 11.2. The molecule has 0 radical (unpaired) electrons. The van der Waals surface area contributed by atoms with Crippen LogP contribution in [0.15, 0.2) is 66.7 Å². The quantitative estimate of drug-likeness (QED) is 0.338. The first-order valence-corrected chi connectivity index (χ1v) is 6.75. The van der Waals surface area contributed by atoms with Crippen LogP contribution >= 0.6 is 0 Å². The molecule has 0 heterocycles. The Morgan fingerprint density at radius 1 is 0.600 bits per heavy atom. The molecule has 1 heteroatoms. The predicted octanol–water partition coefficient (Wildman–Crippen LogP) is 5.15. The van der Waals surface area contributed by atoms with Crippen LogP contribution in [0.5, 0.6) is 5.75 Å². The average molecular weight is 258 g/mol. The van der Waals surface area contributed by atoms with Crippen LogP contribution in [0, 0.1) is 0 Å². The van der Waals surface area contributed by atoms with Crippen molar-refractivity contribution in [3.8, 4) is 5.75 Å². The standard InChI is InChI=1S/C19H14O/c1-20-19-8-4-6-14-11-17-15(12-18(14)19)10-9-13-5-2-3-7-16(13)17/h2-12H,1H3. The largest absolute Gasteiger partial charge is 0.496 e. The smallest absolute Gasteiger partial charge is 0.126 e. The first-order chi connectivity index (χ1) is 9.86. The van der Waals surface area contributed by atoms with Gasteiger partial charge in [0.15, 0.2) is 0 Å². The van der Waals surface area contributed by atoms with Gasteiger partial charge in [-0.05, 0) is 45.1 Å². The van der Waals surface area contributed by atoms with Crippen LogP contribution in [0.25, 0.3) is 32.3 Å². The second-order valence-corrected chi connectivity index (χ2v) is 5.04. The van der Waals surface area contributed by atoms with E-state index in [1.165, 1.54) is 26.9 Å². The summed E-state index contributed by atoms with van der Waals surface area (Å²) in [5, 5.41) is 7.51. The molecule has 4 rings (SSSR count). The number of methoxy groups -OCH3 is 1. The molecule has 0 saturated heterocycles. The minimum Gasteiger partial charge on any atom is -0.496 e. The second kappa shape index (κ2) is 4.24. The topological polar surface area (TPSA) is 9.23 Å². The van der Waals surface area contributed by atoms with E-state index < -0.39 is 0 Å². The minimum absolute atomic E-state index is 0.928. The van der Waals surface area contributed by atoms with Crippen LogP contribution < -0.4 is 4.74 Å². The van der Waals surface area contributed by atoms with Gasteiger partial charge in [0.25, 0.3) is 0 Å². The molecule has 0 spiro atoms. The Kier molecular flexibility index (Phi) is 2.40. The van der Waals surface area contributed by atoms with E-state index in [1.54, 1.807) is 7.11 Å². The van der Waals surface area contributed by atoms with Crippen molar-refractivity contribution in [2.75, 3.05) is 7.11 Å². The van der Waals surface area contributed by atoms with Gasteiger partial charge in [-0.1, -0.05) is 48.5 Å². The molecular formula is C19H14O. The molecule has 4 aromatic rings. The van der Waals surface area contributed by atoms with Crippen molar-refractivity contribution < 1.29 is 4.74 Å². The molecule has 20 heavy (non-hydrogen) atoms. The number of fused-ring (bicyclic) bond motifs is 4. The van der Waals surface area contributed by atoms with Gasteiger partial charge in [0.2, 0.25) is 0 Å². The van der Waals surface area contributed by atoms with E-state index >= 15 is 0 Å². The summed E-state index contributed by atoms with van der Waals surface area (Å²) in [5.74, 6) is 0.928. The van der Waals surface area contributed by atoms with E-state index in [1.807, 2.05) is 12.1 Å². The van der Waals surface area contributed by atoms with Gasteiger partial charge in [0.1, 0.15) is 5.75 Å². The van der Waals surface area contributed by atoms with Gasteiger partial charge in [0, 0.05) is 5.39 Å². The third kappa shape index (κ3) is 1.56. The van der Waals surface area contributed by atoms with Crippen LogP contribution in [0.3, 0.4) is 0 Å². The fraction of sp³-hybridized carbons (Fsp3) is 0.0526. The number of benzene rings is 4. The Morgan fingerprint density at radius 3 is 2.20 bits per heavy atom. The van der Waals surface area contributed by atoms with Crippen molar-refractivity contribution in [2.45, 2.75) is 0 Å². The second-order valence-electron chi connectivity index (χ2n) is 5.04. The Labute approximate surface area is 117 Å². The molecule has 0 aliphatic carbocycles.